The van der Waals surface area contributed by atoms with E-state index in [0.29, 0.717) is 50.1 Å². The minimum Gasteiger partial charge on any atom is -0.486 e. The van der Waals surface area contributed by atoms with Gasteiger partial charge in [-0.05, 0) is 43.9 Å². The van der Waals surface area contributed by atoms with Crippen molar-refractivity contribution in [1.82, 2.24) is 4.90 Å². The number of unbranched alkanes of at least 4 members (excludes halogenated alkanes) is 1. The summed E-state index contributed by atoms with van der Waals surface area (Å²) < 4.78 is 6.29. The van der Waals surface area contributed by atoms with Crippen LogP contribution < -0.4 is 16.2 Å². The summed E-state index contributed by atoms with van der Waals surface area (Å²) >= 11 is 0. The molecule has 7 heteroatoms. The van der Waals surface area contributed by atoms with E-state index in [9.17, 15) is 14.4 Å². The van der Waals surface area contributed by atoms with Gasteiger partial charge in [-0.1, -0.05) is 48.9 Å². The van der Waals surface area contributed by atoms with Crippen molar-refractivity contribution in [3.05, 3.63) is 65.7 Å². The molecule has 186 valence electrons. The number of fused-ring (bicyclic) bond motifs is 1. The van der Waals surface area contributed by atoms with E-state index in [1.54, 1.807) is 17.9 Å². The molecule has 1 fully saturated rings. The van der Waals surface area contributed by atoms with E-state index in [-0.39, 0.29) is 11.7 Å². The highest BCUT2D eigenvalue weighted by Gasteiger charge is 2.47. The third-order valence-corrected chi connectivity index (χ3v) is 7.59. The SMILES string of the molecule is C[C@](N)(C(N)=O)C(CCCCc1ccccc1)C(=O)N1CCC2(CC1)CC(=O)c1ccccc1O2. The van der Waals surface area contributed by atoms with Crippen LogP contribution >= 0.6 is 0 Å². The second kappa shape index (κ2) is 10.2. The minimum atomic E-state index is -1.44. The number of Topliss-reactive ketones (excluding diaryl/α,β-unsaturated/α-hetero) is 1. The Kier molecular flexibility index (Phi) is 7.26. The van der Waals surface area contributed by atoms with E-state index in [4.69, 9.17) is 16.2 Å². The van der Waals surface area contributed by atoms with Crippen molar-refractivity contribution in [2.75, 3.05) is 13.1 Å². The lowest BCUT2D eigenvalue weighted by molar-refractivity contribution is -0.145. The molecule has 0 aromatic heterocycles. The molecule has 4 rings (SSSR count). The first-order valence-electron chi connectivity index (χ1n) is 12.4. The van der Waals surface area contributed by atoms with Crippen LogP contribution in [-0.2, 0) is 16.0 Å². The summed E-state index contributed by atoms with van der Waals surface area (Å²) in [6, 6.07) is 17.5. The molecule has 2 amide bonds. The van der Waals surface area contributed by atoms with Gasteiger partial charge in [-0.25, -0.2) is 0 Å². The van der Waals surface area contributed by atoms with E-state index in [1.165, 1.54) is 5.56 Å². The van der Waals surface area contributed by atoms with Gasteiger partial charge in [0, 0.05) is 25.9 Å². The lowest BCUT2D eigenvalue weighted by atomic mass is 9.79. The van der Waals surface area contributed by atoms with Crippen molar-refractivity contribution in [3.8, 4) is 5.75 Å². The average Bonchev–Trinajstić information content (AvgIpc) is 2.84. The van der Waals surface area contributed by atoms with Gasteiger partial charge in [-0.2, -0.15) is 0 Å². The van der Waals surface area contributed by atoms with Crippen LogP contribution in [0.15, 0.2) is 54.6 Å². The van der Waals surface area contributed by atoms with Crippen LogP contribution in [0.3, 0.4) is 0 Å². The van der Waals surface area contributed by atoms with Crippen molar-refractivity contribution < 1.29 is 19.1 Å². The molecule has 1 saturated heterocycles. The second-order valence-corrected chi connectivity index (χ2v) is 10.1. The third-order valence-electron chi connectivity index (χ3n) is 7.59. The summed E-state index contributed by atoms with van der Waals surface area (Å²) in [5.41, 5.74) is 11.8. The number of aryl methyl sites for hydroxylation is 1. The Bertz CT molecular complexity index is 1070. The van der Waals surface area contributed by atoms with Gasteiger partial charge >= 0.3 is 0 Å². The number of nitrogens with two attached hydrogens (primary N) is 2. The topological polar surface area (TPSA) is 116 Å². The zero-order valence-corrected chi connectivity index (χ0v) is 20.4. The number of piperidine rings is 1. The van der Waals surface area contributed by atoms with Crippen LogP contribution in [-0.4, -0.2) is 46.7 Å². The number of primary amides is 1. The predicted octanol–water partition coefficient (Wildman–Crippen LogP) is 3.24. The standard InChI is InChI=1S/C28H35N3O4/c1-27(30,26(29)34)22(13-7-5-11-20-9-3-2-4-10-20)25(33)31-17-15-28(16-18-31)19-23(32)21-12-6-8-14-24(21)35-28/h2-4,6,8-10,12,14,22H,5,7,11,13,15-19,30H2,1H3,(H2,29,34)/t22?,27-/m1/s1. The summed E-state index contributed by atoms with van der Waals surface area (Å²) in [5.74, 6) is -0.829. The number of benzene rings is 2. The molecule has 7 nitrogen and oxygen atoms in total. The first-order chi connectivity index (χ1) is 16.7. The highest BCUT2D eigenvalue weighted by atomic mass is 16.5. The van der Waals surface area contributed by atoms with Crippen LogP contribution in [0.5, 0.6) is 5.75 Å². The van der Waals surface area contributed by atoms with Crippen molar-refractivity contribution >= 4 is 17.6 Å². The summed E-state index contributed by atoms with van der Waals surface area (Å²) in [5, 5.41) is 0. The maximum absolute atomic E-state index is 13.6. The van der Waals surface area contributed by atoms with E-state index in [1.807, 2.05) is 36.4 Å². The van der Waals surface area contributed by atoms with Gasteiger partial charge in [0.05, 0.1) is 17.9 Å². The van der Waals surface area contributed by atoms with Crippen LogP contribution in [0, 0.1) is 5.92 Å². The Morgan fingerprint density at radius 1 is 1.06 bits per heavy atom. The zero-order valence-electron chi connectivity index (χ0n) is 20.4. The summed E-state index contributed by atoms with van der Waals surface area (Å²) in [6.07, 6.45) is 4.46. The molecule has 2 heterocycles. The maximum atomic E-state index is 13.6. The number of para-hydroxylation sites is 1. The minimum absolute atomic E-state index is 0.0752. The molecule has 0 bridgehead atoms. The molecule has 1 spiro atoms. The number of carbonyl (C=O) groups excluding carboxylic acids is 3. The van der Waals surface area contributed by atoms with Crippen molar-refractivity contribution in [2.45, 2.75) is 63.0 Å². The first kappa shape index (κ1) is 24.9. The van der Waals surface area contributed by atoms with Crippen molar-refractivity contribution in [2.24, 2.45) is 17.4 Å². The maximum Gasteiger partial charge on any atom is 0.238 e. The van der Waals surface area contributed by atoms with Gasteiger partial charge in [-0.15, -0.1) is 0 Å². The predicted molar refractivity (Wildman–Crippen MR) is 134 cm³/mol. The van der Waals surface area contributed by atoms with Gasteiger partial charge in [0.2, 0.25) is 11.8 Å². The highest BCUT2D eigenvalue weighted by Crippen LogP contribution is 2.39. The molecule has 2 aromatic rings. The van der Waals surface area contributed by atoms with Crippen LogP contribution in [0.1, 0.15) is 61.4 Å². The lowest BCUT2D eigenvalue weighted by Gasteiger charge is -2.45. The molecule has 0 saturated carbocycles. The molecular weight excluding hydrogens is 442 g/mol. The van der Waals surface area contributed by atoms with Gasteiger partial charge in [-0.3, -0.25) is 14.4 Å². The number of hydrogen-bond donors (Lipinski definition) is 2. The second-order valence-electron chi connectivity index (χ2n) is 10.1. The van der Waals surface area contributed by atoms with Gasteiger partial charge in [0.1, 0.15) is 16.9 Å². The van der Waals surface area contributed by atoms with Gasteiger partial charge < -0.3 is 21.1 Å². The molecule has 2 aromatic carbocycles. The summed E-state index contributed by atoms with van der Waals surface area (Å²) in [7, 11) is 0. The van der Waals surface area contributed by atoms with Gasteiger partial charge in [0.25, 0.3) is 0 Å². The molecule has 2 aliphatic rings. The molecule has 4 N–H and O–H groups in total. The van der Waals surface area contributed by atoms with Crippen molar-refractivity contribution in [3.63, 3.8) is 0 Å². The molecule has 0 aliphatic carbocycles. The van der Waals surface area contributed by atoms with E-state index >= 15 is 0 Å². The average molecular weight is 478 g/mol. The number of hydrogen-bond acceptors (Lipinski definition) is 5. The fourth-order valence-corrected chi connectivity index (χ4v) is 5.25. The fraction of sp³-hybridized carbons (Fsp3) is 0.464. The quantitative estimate of drug-likeness (QED) is 0.566. The van der Waals surface area contributed by atoms with Crippen LogP contribution in [0.25, 0.3) is 0 Å². The van der Waals surface area contributed by atoms with Crippen molar-refractivity contribution in [1.29, 1.82) is 0 Å². The Balaban J connectivity index is 1.39. The van der Waals surface area contributed by atoms with Crippen LogP contribution in [0.4, 0.5) is 0 Å². The fourth-order valence-electron chi connectivity index (χ4n) is 5.25. The molecule has 2 atom stereocenters. The van der Waals surface area contributed by atoms with Gasteiger partial charge in [0.15, 0.2) is 5.78 Å². The van der Waals surface area contributed by atoms with E-state index in [0.717, 1.165) is 19.3 Å². The Labute approximate surface area is 206 Å². The smallest absolute Gasteiger partial charge is 0.238 e. The molecular formula is C28H35N3O4. The highest BCUT2D eigenvalue weighted by molar-refractivity contribution is 6.00. The third kappa shape index (κ3) is 5.40. The Hall–Kier alpha value is -3.19. The Morgan fingerprint density at radius 2 is 1.71 bits per heavy atom. The Morgan fingerprint density at radius 3 is 2.40 bits per heavy atom. The van der Waals surface area contributed by atoms with E-state index in [2.05, 4.69) is 12.1 Å². The number of nitrogens with zero attached hydrogens (tertiary/aromatic N) is 1. The lowest BCUT2D eigenvalue weighted by Crippen LogP contribution is -2.61. The number of likely N-dealkylation sites (tertiary alicyclic amines) is 1. The summed E-state index contributed by atoms with van der Waals surface area (Å²) in [6.45, 7) is 2.45. The monoisotopic (exact) mass is 477 g/mol. The molecule has 2 aliphatic heterocycles. The zero-order chi connectivity index (χ0) is 25.1. The molecule has 1 unspecified atom stereocenters. The first-order valence-corrected chi connectivity index (χ1v) is 12.4. The number of amides is 2. The number of carbonyl (C=O) groups is 3. The number of rotatable bonds is 8. The summed E-state index contributed by atoms with van der Waals surface area (Å²) in [4.78, 5) is 40.2. The molecule has 0 radical (unpaired) electrons. The molecule has 35 heavy (non-hydrogen) atoms. The normalized spacial score (nSPS) is 19.4. The van der Waals surface area contributed by atoms with Crippen LogP contribution in [0.2, 0.25) is 0 Å². The number of ketones is 1. The van der Waals surface area contributed by atoms with E-state index < -0.39 is 23.0 Å². The number of ether oxygens (including phenoxy) is 1. The largest absolute Gasteiger partial charge is 0.486 e.